The normalized spacial score (nSPS) is 14.6. The van der Waals surface area contributed by atoms with Crippen molar-refractivity contribution in [1.29, 1.82) is 0 Å². The molecule has 4 heterocycles. The molecule has 13 heteroatoms. The van der Waals surface area contributed by atoms with E-state index in [2.05, 4.69) is 37.1 Å². The number of hydrogen-bond donors (Lipinski definition) is 2. The summed E-state index contributed by atoms with van der Waals surface area (Å²) in [6, 6.07) is 11.4. The molecule has 3 aromatic heterocycles. The lowest BCUT2D eigenvalue weighted by Gasteiger charge is -2.31. The molecule has 35 heavy (non-hydrogen) atoms. The predicted molar refractivity (Wildman–Crippen MR) is 125 cm³/mol. The number of halogens is 3. The summed E-state index contributed by atoms with van der Waals surface area (Å²) in [4.78, 5) is 40.4. The standard InChI is InChI=1S/C20H22N6OS.C2HF3O2/c1-25-8-10-26(11-9-25)14-19(27)23-18-13-16(15-5-2-3-7-21-15)22-20(24-18)17-6-4-12-28-17;3-2(4,5)1(6)7/h2-7,12-13H,8-11,14H2,1H3,(H,22,23,24,27);(H,6,7). The van der Waals surface area contributed by atoms with Crippen LogP contribution in [0.4, 0.5) is 19.0 Å². The van der Waals surface area contributed by atoms with Gasteiger partial charge in [-0.1, -0.05) is 12.1 Å². The molecular weight excluding hydrogens is 485 g/mol. The number of alkyl halides is 3. The number of pyridine rings is 1. The first-order valence-electron chi connectivity index (χ1n) is 10.5. The third-order valence-corrected chi connectivity index (χ3v) is 5.73. The van der Waals surface area contributed by atoms with Crippen molar-refractivity contribution in [3.63, 3.8) is 0 Å². The Kier molecular flexibility index (Phi) is 8.84. The van der Waals surface area contributed by atoms with Crippen LogP contribution >= 0.6 is 11.3 Å². The van der Waals surface area contributed by atoms with Gasteiger partial charge >= 0.3 is 12.1 Å². The van der Waals surface area contributed by atoms with Crippen molar-refractivity contribution in [2.45, 2.75) is 6.18 Å². The highest BCUT2D eigenvalue weighted by atomic mass is 32.1. The minimum Gasteiger partial charge on any atom is -0.475 e. The van der Waals surface area contributed by atoms with Crippen LogP contribution in [0.15, 0.2) is 48.0 Å². The molecule has 9 nitrogen and oxygen atoms in total. The number of carbonyl (C=O) groups is 2. The van der Waals surface area contributed by atoms with Crippen molar-refractivity contribution in [2.24, 2.45) is 0 Å². The highest BCUT2D eigenvalue weighted by Gasteiger charge is 2.38. The van der Waals surface area contributed by atoms with Crippen LogP contribution in [-0.2, 0) is 9.59 Å². The number of nitrogens with one attached hydrogen (secondary N) is 1. The number of carboxylic acid groups (broad SMARTS) is 1. The van der Waals surface area contributed by atoms with E-state index in [1.54, 1.807) is 23.6 Å². The van der Waals surface area contributed by atoms with Crippen molar-refractivity contribution in [2.75, 3.05) is 45.1 Å². The molecule has 0 atom stereocenters. The zero-order valence-electron chi connectivity index (χ0n) is 18.7. The van der Waals surface area contributed by atoms with Gasteiger partial charge < -0.3 is 15.3 Å². The first-order chi connectivity index (χ1) is 16.6. The Morgan fingerprint density at radius 2 is 1.80 bits per heavy atom. The Labute approximate surface area is 203 Å². The van der Waals surface area contributed by atoms with Crippen LogP contribution in [0.5, 0.6) is 0 Å². The van der Waals surface area contributed by atoms with Gasteiger partial charge in [0.2, 0.25) is 5.91 Å². The summed E-state index contributed by atoms with van der Waals surface area (Å²) < 4.78 is 31.7. The highest BCUT2D eigenvalue weighted by molar-refractivity contribution is 7.13. The molecule has 0 aliphatic carbocycles. The number of carboxylic acids is 1. The lowest BCUT2D eigenvalue weighted by atomic mass is 10.2. The Bertz CT molecular complexity index is 1120. The fourth-order valence-electron chi connectivity index (χ4n) is 3.06. The summed E-state index contributed by atoms with van der Waals surface area (Å²) in [5.41, 5.74) is 1.44. The van der Waals surface area contributed by atoms with Gasteiger partial charge in [0, 0.05) is 38.4 Å². The fourth-order valence-corrected chi connectivity index (χ4v) is 3.72. The molecule has 4 rings (SSSR count). The second-order valence-electron chi connectivity index (χ2n) is 7.58. The van der Waals surface area contributed by atoms with E-state index < -0.39 is 12.1 Å². The molecule has 1 aliphatic heterocycles. The van der Waals surface area contributed by atoms with E-state index in [9.17, 15) is 18.0 Å². The molecular formula is C22H23F3N6O3S. The van der Waals surface area contributed by atoms with Crippen molar-refractivity contribution in [1.82, 2.24) is 24.8 Å². The van der Waals surface area contributed by atoms with Crippen LogP contribution < -0.4 is 5.32 Å². The number of nitrogens with zero attached hydrogens (tertiary/aromatic N) is 5. The monoisotopic (exact) mass is 508 g/mol. The molecule has 0 spiro atoms. The summed E-state index contributed by atoms with van der Waals surface area (Å²) in [5.74, 6) is -1.73. The van der Waals surface area contributed by atoms with Gasteiger partial charge in [-0.3, -0.25) is 14.7 Å². The largest absolute Gasteiger partial charge is 0.490 e. The molecule has 2 N–H and O–H groups in total. The van der Waals surface area contributed by atoms with Crippen molar-refractivity contribution in [3.05, 3.63) is 48.0 Å². The van der Waals surface area contributed by atoms with E-state index in [0.29, 0.717) is 23.9 Å². The van der Waals surface area contributed by atoms with E-state index in [0.717, 1.165) is 36.8 Å². The van der Waals surface area contributed by atoms with E-state index >= 15 is 0 Å². The highest BCUT2D eigenvalue weighted by Crippen LogP contribution is 2.26. The van der Waals surface area contributed by atoms with Gasteiger partial charge in [-0.05, 0) is 30.6 Å². The number of thiophene rings is 1. The number of anilines is 1. The third-order valence-electron chi connectivity index (χ3n) is 4.87. The number of aliphatic carboxylic acids is 1. The molecule has 0 saturated carbocycles. The average molecular weight is 509 g/mol. The Hall–Kier alpha value is -3.42. The van der Waals surface area contributed by atoms with Crippen LogP contribution in [0.25, 0.3) is 22.1 Å². The zero-order chi connectivity index (χ0) is 25.4. The Morgan fingerprint density at radius 3 is 2.37 bits per heavy atom. The van der Waals surface area contributed by atoms with Crippen molar-refractivity contribution >= 4 is 29.0 Å². The summed E-state index contributed by atoms with van der Waals surface area (Å²) in [5, 5.41) is 12.1. The summed E-state index contributed by atoms with van der Waals surface area (Å²) in [7, 11) is 2.10. The first-order valence-corrected chi connectivity index (χ1v) is 11.3. The molecule has 3 aromatic rings. The number of hydrogen-bond acceptors (Lipinski definition) is 8. The maximum absolute atomic E-state index is 12.6. The van der Waals surface area contributed by atoms with E-state index in [1.807, 2.05) is 35.7 Å². The van der Waals surface area contributed by atoms with Crippen molar-refractivity contribution in [3.8, 4) is 22.1 Å². The van der Waals surface area contributed by atoms with E-state index in [1.165, 1.54) is 0 Å². The average Bonchev–Trinajstić information content (AvgIpc) is 3.36. The molecule has 1 saturated heterocycles. The maximum atomic E-state index is 12.6. The molecule has 1 aliphatic rings. The van der Waals surface area contributed by atoms with Gasteiger partial charge in [-0.25, -0.2) is 14.8 Å². The minimum atomic E-state index is -5.08. The number of rotatable bonds is 5. The first kappa shape index (κ1) is 26.2. The van der Waals surface area contributed by atoms with Crippen LogP contribution in [0.2, 0.25) is 0 Å². The molecule has 0 aromatic carbocycles. The number of likely N-dealkylation sites (N-methyl/N-ethyl adjacent to an activating group) is 1. The van der Waals surface area contributed by atoms with Gasteiger partial charge in [0.1, 0.15) is 5.82 Å². The number of carbonyl (C=O) groups excluding carboxylic acids is 1. The summed E-state index contributed by atoms with van der Waals surface area (Å²) in [6.07, 6.45) is -3.35. The topological polar surface area (TPSA) is 112 Å². The lowest BCUT2D eigenvalue weighted by molar-refractivity contribution is -0.192. The molecule has 186 valence electrons. The van der Waals surface area contributed by atoms with E-state index in [-0.39, 0.29) is 5.91 Å². The second kappa shape index (κ2) is 11.8. The van der Waals surface area contributed by atoms with Gasteiger partial charge in [0.15, 0.2) is 5.82 Å². The van der Waals surface area contributed by atoms with E-state index in [4.69, 9.17) is 9.90 Å². The number of piperazine rings is 1. The van der Waals surface area contributed by atoms with Crippen LogP contribution in [0, 0.1) is 0 Å². The lowest BCUT2D eigenvalue weighted by Crippen LogP contribution is -2.47. The molecule has 0 unspecified atom stereocenters. The minimum absolute atomic E-state index is 0.0626. The Balaban J connectivity index is 0.000000429. The predicted octanol–water partition coefficient (Wildman–Crippen LogP) is 3.09. The quantitative estimate of drug-likeness (QED) is 0.541. The van der Waals surface area contributed by atoms with Gasteiger partial charge in [0.05, 0.1) is 22.8 Å². The maximum Gasteiger partial charge on any atom is 0.490 e. The zero-order valence-corrected chi connectivity index (χ0v) is 19.5. The van der Waals surface area contributed by atoms with Gasteiger partial charge in [-0.2, -0.15) is 13.2 Å². The summed E-state index contributed by atoms with van der Waals surface area (Å²) in [6.45, 7) is 4.12. The number of aromatic nitrogens is 3. The molecule has 0 radical (unpaired) electrons. The van der Waals surface area contributed by atoms with Crippen molar-refractivity contribution < 1.29 is 27.9 Å². The Morgan fingerprint density at radius 1 is 1.09 bits per heavy atom. The second-order valence-corrected chi connectivity index (χ2v) is 8.53. The van der Waals surface area contributed by atoms with Crippen LogP contribution in [-0.4, -0.2) is 87.7 Å². The smallest absolute Gasteiger partial charge is 0.475 e. The van der Waals surface area contributed by atoms with Gasteiger partial charge in [0.25, 0.3) is 0 Å². The molecule has 1 fully saturated rings. The summed E-state index contributed by atoms with van der Waals surface area (Å²) >= 11 is 1.57. The molecule has 0 bridgehead atoms. The molecule has 1 amide bonds. The third kappa shape index (κ3) is 8.09. The number of amides is 1. The SMILES string of the molecule is CN1CCN(CC(=O)Nc2cc(-c3ccccn3)nc(-c3cccs3)n2)CC1.O=C(O)C(F)(F)F. The van der Waals surface area contributed by atoms with Crippen LogP contribution in [0.3, 0.4) is 0 Å². The van der Waals surface area contributed by atoms with Gasteiger partial charge in [-0.15, -0.1) is 11.3 Å². The van der Waals surface area contributed by atoms with Crippen LogP contribution in [0.1, 0.15) is 0 Å². The fraction of sp³-hybridized carbons (Fsp3) is 0.318.